The van der Waals surface area contributed by atoms with Gasteiger partial charge in [-0.1, -0.05) is 91.0 Å². The molecule has 214 valence electrons. The molecule has 0 saturated heterocycles. The highest BCUT2D eigenvalue weighted by Gasteiger charge is 2.22. The van der Waals surface area contributed by atoms with E-state index >= 15 is 0 Å². The lowest BCUT2D eigenvalue weighted by molar-refractivity contribution is 0.965. The van der Waals surface area contributed by atoms with Gasteiger partial charge in [-0.3, -0.25) is 9.55 Å². The van der Waals surface area contributed by atoms with Crippen LogP contribution in [0, 0.1) is 0 Å². The van der Waals surface area contributed by atoms with Crippen molar-refractivity contribution in [3.63, 3.8) is 0 Å². The predicted octanol–water partition coefficient (Wildman–Crippen LogP) is 9.43. The lowest BCUT2D eigenvalue weighted by Crippen LogP contribution is -2.04. The molecule has 0 atom stereocenters. The highest BCUT2D eigenvalue weighted by molar-refractivity contribution is 6.18. The van der Waals surface area contributed by atoms with Gasteiger partial charge in [0.2, 0.25) is 0 Å². The second-order valence-corrected chi connectivity index (χ2v) is 11.6. The van der Waals surface area contributed by atoms with Crippen molar-refractivity contribution in [1.29, 1.82) is 0 Å². The molecule has 4 heterocycles. The first kappa shape index (κ1) is 25.0. The fraction of sp³-hybridized carbons (Fsp3) is 0. The normalized spacial score (nSPS) is 11.9. The monoisotopic (exact) mass is 588 g/mol. The molecule has 4 aromatic heterocycles. The molecule has 0 saturated carbocycles. The van der Waals surface area contributed by atoms with Crippen molar-refractivity contribution < 1.29 is 0 Å². The van der Waals surface area contributed by atoms with Crippen LogP contribution >= 0.6 is 0 Å². The molecule has 0 unspecified atom stereocenters. The van der Waals surface area contributed by atoms with E-state index in [2.05, 4.69) is 137 Å². The maximum atomic E-state index is 4.97. The first-order chi connectivity index (χ1) is 22.8. The van der Waals surface area contributed by atoms with Crippen LogP contribution < -0.4 is 0 Å². The van der Waals surface area contributed by atoms with Crippen molar-refractivity contribution >= 4 is 65.4 Å². The summed E-state index contributed by atoms with van der Waals surface area (Å²) in [6.45, 7) is 0. The Morgan fingerprint density at radius 1 is 0.435 bits per heavy atom. The van der Waals surface area contributed by atoms with Gasteiger partial charge in [0.05, 0.1) is 22.1 Å². The third kappa shape index (κ3) is 3.46. The Morgan fingerprint density at radius 2 is 1.09 bits per heavy atom. The minimum Gasteiger partial charge on any atom is -0.309 e. The Kier molecular flexibility index (Phi) is 5.19. The molecule has 0 radical (unpaired) electrons. The highest BCUT2D eigenvalue weighted by atomic mass is 15.2. The zero-order valence-corrected chi connectivity index (χ0v) is 24.5. The maximum absolute atomic E-state index is 4.97. The van der Waals surface area contributed by atoms with Gasteiger partial charge in [0, 0.05) is 45.2 Å². The van der Waals surface area contributed by atoms with E-state index in [4.69, 9.17) is 20.2 Å². The minimum absolute atomic E-state index is 0.659. The summed E-state index contributed by atoms with van der Waals surface area (Å²) in [6, 6.07) is 46.8. The van der Waals surface area contributed by atoms with Crippen LogP contribution in [-0.4, -0.2) is 29.3 Å². The van der Waals surface area contributed by atoms with Crippen LogP contribution in [0.3, 0.4) is 0 Å². The number of rotatable bonds is 3. The van der Waals surface area contributed by atoms with Gasteiger partial charge in [-0.2, -0.15) is 0 Å². The lowest BCUT2D eigenvalue weighted by atomic mass is 10.0. The quantitative estimate of drug-likeness (QED) is 0.206. The largest absolute Gasteiger partial charge is 0.309 e. The lowest BCUT2D eigenvalue weighted by Gasteiger charge is -2.12. The molecule has 10 aromatic rings. The average molecular weight is 589 g/mol. The number of aromatic nitrogens is 6. The van der Waals surface area contributed by atoms with Gasteiger partial charge in [-0.05, 0) is 53.2 Å². The number of para-hydroxylation sites is 3. The van der Waals surface area contributed by atoms with Gasteiger partial charge in [-0.15, -0.1) is 10.2 Å². The second-order valence-electron chi connectivity index (χ2n) is 11.6. The summed E-state index contributed by atoms with van der Waals surface area (Å²) in [4.78, 5) is 9.81. The summed E-state index contributed by atoms with van der Waals surface area (Å²) >= 11 is 0. The number of fused-ring (bicyclic) bond motifs is 8. The number of nitrogens with zero attached hydrogens (tertiary/aromatic N) is 6. The Bertz CT molecular complexity index is 2810. The summed E-state index contributed by atoms with van der Waals surface area (Å²) in [6.07, 6.45) is 3.48. The second kappa shape index (κ2) is 9.55. The molecule has 6 aromatic carbocycles. The van der Waals surface area contributed by atoms with E-state index in [0.29, 0.717) is 22.5 Å². The van der Waals surface area contributed by atoms with Crippen LogP contribution in [0.1, 0.15) is 0 Å². The summed E-state index contributed by atoms with van der Waals surface area (Å²) in [7, 11) is 0. The first-order valence-electron chi connectivity index (χ1n) is 15.3. The van der Waals surface area contributed by atoms with Gasteiger partial charge in [-0.25, -0.2) is 4.98 Å². The minimum atomic E-state index is 0.659. The topological polar surface area (TPSA) is 61.4 Å². The number of hydrogen-bond acceptors (Lipinski definition) is 4. The Labute approximate surface area is 262 Å². The molecule has 46 heavy (non-hydrogen) atoms. The van der Waals surface area contributed by atoms with E-state index in [1.807, 2.05) is 6.07 Å². The van der Waals surface area contributed by atoms with E-state index < -0.39 is 0 Å². The van der Waals surface area contributed by atoms with Crippen LogP contribution in [0.5, 0.6) is 0 Å². The van der Waals surface area contributed by atoms with Gasteiger partial charge in [0.1, 0.15) is 16.7 Å². The van der Waals surface area contributed by atoms with Crippen molar-refractivity contribution in [3.05, 3.63) is 146 Å². The molecule has 0 aliphatic carbocycles. The molecule has 6 nitrogen and oxygen atoms in total. The molecule has 0 N–H and O–H groups in total. The number of hydrogen-bond donors (Lipinski definition) is 0. The molecular weight excluding hydrogens is 564 g/mol. The highest BCUT2D eigenvalue weighted by Crippen LogP contribution is 2.41. The number of benzene rings is 6. The summed E-state index contributed by atoms with van der Waals surface area (Å²) in [5.74, 6) is 0.659. The zero-order valence-electron chi connectivity index (χ0n) is 24.5. The van der Waals surface area contributed by atoms with Crippen LogP contribution in [0.15, 0.2) is 146 Å². The fourth-order valence-corrected chi connectivity index (χ4v) is 7.15. The molecule has 0 bridgehead atoms. The van der Waals surface area contributed by atoms with Gasteiger partial charge in [0.15, 0.2) is 5.82 Å². The van der Waals surface area contributed by atoms with Crippen molar-refractivity contribution in [2.24, 2.45) is 0 Å². The van der Waals surface area contributed by atoms with Crippen LogP contribution in [0.25, 0.3) is 88.2 Å². The van der Waals surface area contributed by atoms with Crippen LogP contribution in [0.2, 0.25) is 0 Å². The predicted molar refractivity (Wildman–Crippen MR) is 187 cm³/mol. The van der Waals surface area contributed by atoms with Gasteiger partial charge < -0.3 is 4.57 Å². The van der Waals surface area contributed by atoms with Crippen LogP contribution in [-0.2, 0) is 0 Å². The van der Waals surface area contributed by atoms with Crippen LogP contribution in [0.4, 0.5) is 0 Å². The molecule has 6 heteroatoms. The molecular formula is C40H24N6. The third-order valence-electron chi connectivity index (χ3n) is 9.10. The van der Waals surface area contributed by atoms with E-state index in [1.54, 1.807) is 12.4 Å². The third-order valence-corrected chi connectivity index (χ3v) is 9.10. The van der Waals surface area contributed by atoms with Crippen molar-refractivity contribution in [3.8, 4) is 22.8 Å². The smallest absolute Gasteiger partial charge is 0.188 e. The summed E-state index contributed by atoms with van der Waals surface area (Å²) < 4.78 is 4.50. The first-order valence-corrected chi connectivity index (χ1v) is 15.3. The van der Waals surface area contributed by atoms with E-state index in [0.717, 1.165) is 54.9 Å². The molecule has 0 aliphatic heterocycles. The molecule has 10 rings (SSSR count). The fourth-order valence-electron chi connectivity index (χ4n) is 7.15. The maximum Gasteiger partial charge on any atom is 0.188 e. The van der Waals surface area contributed by atoms with Crippen molar-refractivity contribution in [1.82, 2.24) is 29.3 Å². The zero-order chi connectivity index (χ0) is 30.2. The average Bonchev–Trinajstić information content (AvgIpc) is 3.63. The van der Waals surface area contributed by atoms with Gasteiger partial charge >= 0.3 is 0 Å². The Hall–Kier alpha value is -6.40. The van der Waals surface area contributed by atoms with Crippen molar-refractivity contribution in [2.75, 3.05) is 0 Å². The molecule has 0 amide bonds. The SMILES string of the molecule is c1ccc(-n2c3ccccc3c3c(-c4nnc(-n5c6ccccc6c6cc7ccccc7cc65)c5nccnc45)cccc32)cc1. The van der Waals surface area contributed by atoms with E-state index in [1.165, 1.54) is 10.8 Å². The summed E-state index contributed by atoms with van der Waals surface area (Å²) in [5, 5.41) is 16.9. The van der Waals surface area contributed by atoms with E-state index in [-0.39, 0.29) is 0 Å². The Morgan fingerprint density at radius 3 is 1.91 bits per heavy atom. The standard InChI is InChI=1S/C40H24N6/c1-2-13-27(14-3-1)45-33-19-9-7-16-29(33)36-30(17-10-20-34(36)45)37-38-39(42-22-21-41-38)40(44-43-37)46-32-18-8-6-15-28(32)31-23-25-11-4-5-12-26(25)24-35(31)46/h1-24H. The molecule has 0 spiro atoms. The summed E-state index contributed by atoms with van der Waals surface area (Å²) in [5.41, 5.74) is 8.54. The van der Waals surface area contributed by atoms with E-state index in [9.17, 15) is 0 Å². The van der Waals surface area contributed by atoms with Gasteiger partial charge in [0.25, 0.3) is 0 Å². The molecule has 0 fully saturated rings. The van der Waals surface area contributed by atoms with Crippen molar-refractivity contribution in [2.45, 2.75) is 0 Å². The Balaban J connectivity index is 1.29. The molecule has 0 aliphatic rings.